The van der Waals surface area contributed by atoms with E-state index >= 15 is 0 Å². The van der Waals surface area contributed by atoms with Crippen molar-refractivity contribution in [2.45, 2.75) is 0 Å². The molecule has 9 heteroatoms. The van der Waals surface area contributed by atoms with E-state index < -0.39 is 0 Å². The van der Waals surface area contributed by atoms with Crippen molar-refractivity contribution in [3.05, 3.63) is 80.9 Å². The Balaban J connectivity index is 1.52. The summed E-state index contributed by atoms with van der Waals surface area (Å²) >= 11 is 13.8. The van der Waals surface area contributed by atoms with E-state index in [1.165, 1.54) is 0 Å². The number of nitrogens with zero attached hydrogens (tertiary/aromatic N) is 3. The zero-order valence-electron chi connectivity index (χ0n) is 14.8. The average molecular weight is 534 g/mol. The van der Waals surface area contributed by atoms with Gasteiger partial charge in [0.2, 0.25) is 0 Å². The lowest BCUT2D eigenvalue weighted by Crippen LogP contribution is -2.34. The maximum absolute atomic E-state index is 12.3. The highest BCUT2D eigenvalue weighted by Gasteiger charge is 2.12. The summed E-state index contributed by atoms with van der Waals surface area (Å²) in [5, 5.41) is 15.1. The van der Waals surface area contributed by atoms with E-state index in [2.05, 4.69) is 43.4 Å². The van der Waals surface area contributed by atoms with E-state index in [-0.39, 0.29) is 11.0 Å². The first-order valence-corrected chi connectivity index (χ1v) is 10.4. The number of halogens is 2. The minimum atomic E-state index is -0.300. The number of fused-ring (bicyclic) bond motifs is 1. The lowest BCUT2D eigenvalue weighted by Gasteiger charge is -2.11. The van der Waals surface area contributed by atoms with Gasteiger partial charge in [-0.15, -0.1) is 10.2 Å². The van der Waals surface area contributed by atoms with Gasteiger partial charge in [-0.05, 0) is 83.3 Å². The molecular formula is C20H13ClIN5OS. The van der Waals surface area contributed by atoms with Crippen LogP contribution in [0.15, 0.2) is 66.7 Å². The first kappa shape index (κ1) is 19.7. The Morgan fingerprint density at radius 3 is 2.34 bits per heavy atom. The number of hydrogen-bond acceptors (Lipinski definition) is 4. The van der Waals surface area contributed by atoms with Crippen molar-refractivity contribution in [2.24, 2.45) is 0 Å². The highest BCUT2D eigenvalue weighted by molar-refractivity contribution is 14.1. The van der Waals surface area contributed by atoms with Crippen LogP contribution in [0.3, 0.4) is 0 Å². The second kappa shape index (κ2) is 8.44. The van der Waals surface area contributed by atoms with Gasteiger partial charge in [0.25, 0.3) is 5.91 Å². The van der Waals surface area contributed by atoms with E-state index in [1.54, 1.807) is 29.1 Å². The normalized spacial score (nSPS) is 10.7. The quantitative estimate of drug-likeness (QED) is 0.292. The van der Waals surface area contributed by atoms with Gasteiger partial charge in [0.05, 0.1) is 16.4 Å². The number of benzene rings is 3. The van der Waals surface area contributed by atoms with Gasteiger partial charge in [0, 0.05) is 9.13 Å². The van der Waals surface area contributed by atoms with Crippen molar-refractivity contribution in [3.63, 3.8) is 0 Å². The summed E-state index contributed by atoms with van der Waals surface area (Å²) < 4.78 is 1.04. The summed E-state index contributed by atoms with van der Waals surface area (Å²) in [5.41, 5.74) is 3.19. The smallest absolute Gasteiger partial charge is 0.257 e. The summed E-state index contributed by atoms with van der Waals surface area (Å²) in [6, 6.07) is 20.2. The van der Waals surface area contributed by atoms with E-state index in [1.807, 2.05) is 42.5 Å². The summed E-state index contributed by atoms with van der Waals surface area (Å²) in [6.45, 7) is 0. The Morgan fingerprint density at radius 2 is 1.66 bits per heavy atom. The predicted molar refractivity (Wildman–Crippen MR) is 127 cm³/mol. The van der Waals surface area contributed by atoms with E-state index in [9.17, 15) is 4.79 Å². The number of rotatable bonds is 3. The highest BCUT2D eigenvalue weighted by atomic mass is 127. The van der Waals surface area contributed by atoms with Gasteiger partial charge in [-0.2, -0.15) is 4.80 Å². The second-order valence-corrected chi connectivity index (χ2v) is 8.12. The van der Waals surface area contributed by atoms with Crippen LogP contribution in [0, 0.1) is 3.57 Å². The van der Waals surface area contributed by atoms with Crippen LogP contribution in [0.1, 0.15) is 10.4 Å². The third kappa shape index (κ3) is 4.55. The van der Waals surface area contributed by atoms with Crippen LogP contribution in [-0.2, 0) is 0 Å². The van der Waals surface area contributed by atoms with Gasteiger partial charge in [0.1, 0.15) is 11.0 Å². The van der Waals surface area contributed by atoms with E-state index in [0.29, 0.717) is 27.3 Å². The molecule has 2 N–H and O–H groups in total. The van der Waals surface area contributed by atoms with Gasteiger partial charge in [-0.3, -0.25) is 10.1 Å². The molecule has 0 saturated heterocycles. The molecule has 0 atom stereocenters. The number of aromatic nitrogens is 3. The molecular weight excluding hydrogens is 521 g/mol. The molecule has 0 unspecified atom stereocenters. The fourth-order valence-electron chi connectivity index (χ4n) is 2.64. The molecule has 0 saturated carbocycles. The first-order valence-electron chi connectivity index (χ1n) is 8.49. The Morgan fingerprint density at radius 1 is 1.00 bits per heavy atom. The van der Waals surface area contributed by atoms with Gasteiger partial charge < -0.3 is 5.32 Å². The molecule has 1 aromatic heterocycles. The Labute approximate surface area is 190 Å². The third-order valence-corrected chi connectivity index (χ3v) is 5.27. The number of carbonyl (C=O) groups is 1. The Hall–Kier alpha value is -2.56. The fourth-order valence-corrected chi connectivity index (χ4v) is 3.41. The third-order valence-electron chi connectivity index (χ3n) is 4.04. The number of para-hydroxylation sites is 1. The molecule has 1 heterocycles. The SMILES string of the molecule is O=C(NC(=S)Nc1cc2nn(-c3ccccc3)nc2cc1Cl)c1ccc(I)cc1. The molecule has 0 spiro atoms. The van der Waals surface area contributed by atoms with Crippen molar-refractivity contribution >= 4 is 74.2 Å². The monoisotopic (exact) mass is 533 g/mol. The molecule has 4 aromatic rings. The number of hydrogen-bond donors (Lipinski definition) is 2. The molecule has 0 aliphatic heterocycles. The summed E-state index contributed by atoms with van der Waals surface area (Å²) in [6.07, 6.45) is 0. The first-order chi connectivity index (χ1) is 14.0. The average Bonchev–Trinajstić information content (AvgIpc) is 3.12. The minimum Gasteiger partial charge on any atom is -0.331 e. The maximum atomic E-state index is 12.3. The number of thiocarbonyl (C=S) groups is 1. The molecule has 0 aliphatic rings. The van der Waals surface area contributed by atoms with Crippen LogP contribution in [-0.4, -0.2) is 26.0 Å². The van der Waals surface area contributed by atoms with Gasteiger partial charge >= 0.3 is 0 Å². The lowest BCUT2D eigenvalue weighted by molar-refractivity contribution is 0.0977. The zero-order valence-corrected chi connectivity index (χ0v) is 18.5. The van der Waals surface area contributed by atoms with Crippen LogP contribution < -0.4 is 10.6 Å². The number of anilines is 1. The van der Waals surface area contributed by atoms with Gasteiger partial charge in [0.15, 0.2) is 5.11 Å². The minimum absolute atomic E-state index is 0.144. The molecule has 144 valence electrons. The van der Waals surface area contributed by atoms with E-state index in [0.717, 1.165) is 9.26 Å². The molecule has 0 radical (unpaired) electrons. The number of nitrogens with one attached hydrogen (secondary N) is 2. The van der Waals surface area contributed by atoms with E-state index in [4.69, 9.17) is 23.8 Å². The lowest BCUT2D eigenvalue weighted by atomic mass is 10.2. The van der Waals surface area contributed by atoms with Crippen molar-refractivity contribution < 1.29 is 4.79 Å². The number of carbonyl (C=O) groups excluding carboxylic acids is 1. The molecule has 1 amide bonds. The molecule has 0 fully saturated rings. The van der Waals surface area contributed by atoms with Gasteiger partial charge in [-0.1, -0.05) is 29.8 Å². The standard InChI is InChI=1S/C20H13ClIN5OS/c21-15-10-17-18(26-27(25-17)14-4-2-1-3-5-14)11-16(15)23-20(29)24-19(28)12-6-8-13(22)9-7-12/h1-11H,(H2,23,24,28,29). The molecule has 0 bridgehead atoms. The molecule has 4 rings (SSSR count). The largest absolute Gasteiger partial charge is 0.331 e. The van der Waals surface area contributed by atoms with Crippen molar-refractivity contribution in [2.75, 3.05) is 5.32 Å². The topological polar surface area (TPSA) is 71.8 Å². The fraction of sp³-hybridized carbons (Fsp3) is 0. The van der Waals surface area contributed by atoms with Crippen molar-refractivity contribution in [1.29, 1.82) is 0 Å². The molecule has 6 nitrogen and oxygen atoms in total. The van der Waals surface area contributed by atoms with Gasteiger partial charge in [-0.25, -0.2) is 0 Å². The van der Waals surface area contributed by atoms with Crippen LogP contribution in [0.5, 0.6) is 0 Å². The number of amides is 1. The molecule has 0 aliphatic carbocycles. The Bertz CT molecular complexity index is 1210. The summed E-state index contributed by atoms with van der Waals surface area (Å²) in [5.74, 6) is -0.300. The molecule has 29 heavy (non-hydrogen) atoms. The zero-order chi connectivity index (χ0) is 20.4. The summed E-state index contributed by atoms with van der Waals surface area (Å²) in [7, 11) is 0. The second-order valence-electron chi connectivity index (χ2n) is 6.06. The Kier molecular flexibility index (Phi) is 5.74. The van der Waals surface area contributed by atoms with Crippen LogP contribution >= 0.6 is 46.4 Å². The van der Waals surface area contributed by atoms with Crippen LogP contribution in [0.2, 0.25) is 5.02 Å². The predicted octanol–water partition coefficient (Wildman–Crippen LogP) is 4.81. The van der Waals surface area contributed by atoms with Crippen LogP contribution in [0.4, 0.5) is 5.69 Å². The molecule has 3 aromatic carbocycles. The highest BCUT2D eigenvalue weighted by Crippen LogP contribution is 2.27. The van der Waals surface area contributed by atoms with Crippen LogP contribution in [0.25, 0.3) is 16.7 Å². The maximum Gasteiger partial charge on any atom is 0.257 e. The summed E-state index contributed by atoms with van der Waals surface area (Å²) in [4.78, 5) is 13.9. The van der Waals surface area contributed by atoms with Crippen molar-refractivity contribution in [1.82, 2.24) is 20.3 Å². The van der Waals surface area contributed by atoms with Crippen molar-refractivity contribution in [3.8, 4) is 5.69 Å².